The number of methoxy groups -OCH3 is 1. The fourth-order valence-corrected chi connectivity index (χ4v) is 5.84. The van der Waals surface area contributed by atoms with Crippen LogP contribution in [0.5, 0.6) is 5.75 Å². The van der Waals surface area contributed by atoms with E-state index in [4.69, 9.17) is 4.74 Å². The lowest BCUT2D eigenvalue weighted by atomic mass is 10.2. The number of benzene rings is 1. The number of imidazole rings is 1. The van der Waals surface area contributed by atoms with E-state index < -0.39 is 9.84 Å². The molecule has 142 valence electrons. The third-order valence-electron chi connectivity index (χ3n) is 4.58. The number of hydrogen-bond donors (Lipinski definition) is 1. The Kier molecular flexibility index (Phi) is 5.47. The molecule has 0 spiro atoms. The van der Waals surface area contributed by atoms with Crippen LogP contribution in [0.3, 0.4) is 0 Å². The molecule has 0 unspecified atom stereocenters. The monoisotopic (exact) mass is 397 g/mol. The molecule has 1 fully saturated rings. The molecule has 0 radical (unpaired) electrons. The van der Waals surface area contributed by atoms with Gasteiger partial charge in [0.1, 0.15) is 5.75 Å². The molecular formula is C17H23N3O4S2. The Hall–Kier alpha value is -1.74. The molecular weight excluding hydrogens is 374 g/mol. The number of ether oxygens (including phenoxy) is 1. The average Bonchev–Trinajstić information content (AvgIpc) is 3.16. The second kappa shape index (κ2) is 7.48. The van der Waals surface area contributed by atoms with Crippen molar-refractivity contribution in [1.29, 1.82) is 0 Å². The normalized spacial score (nSPS) is 20.2. The number of fused-ring (bicyclic) bond motifs is 1. The molecule has 26 heavy (non-hydrogen) atoms. The number of nitrogens with zero attached hydrogens (tertiary/aromatic N) is 2. The van der Waals surface area contributed by atoms with Gasteiger partial charge in [0.2, 0.25) is 5.91 Å². The van der Waals surface area contributed by atoms with Crippen molar-refractivity contribution in [1.82, 2.24) is 14.9 Å². The van der Waals surface area contributed by atoms with Gasteiger partial charge in [0.05, 0.1) is 34.9 Å². The van der Waals surface area contributed by atoms with E-state index in [1.54, 1.807) is 12.0 Å². The van der Waals surface area contributed by atoms with E-state index >= 15 is 0 Å². The standard InChI is InChI=1S/C17H23N3O4S2/c1-4-20(12-7-8-26(22,23)10-12)16(21)11(2)25-17-18-14-6-5-13(24-3)9-15(14)19-17/h5-6,9,11-12H,4,7-8,10H2,1-3H3,(H,18,19)/t11-,12+/m0/s1. The zero-order valence-electron chi connectivity index (χ0n) is 15.1. The molecule has 3 rings (SSSR count). The second-order valence-electron chi connectivity index (χ2n) is 6.37. The first-order valence-electron chi connectivity index (χ1n) is 8.54. The van der Waals surface area contributed by atoms with Crippen LogP contribution in [0.1, 0.15) is 20.3 Å². The fraction of sp³-hybridized carbons (Fsp3) is 0.529. The molecule has 1 N–H and O–H groups in total. The Bertz CT molecular complexity index is 910. The molecule has 9 heteroatoms. The molecule has 1 saturated heterocycles. The van der Waals surface area contributed by atoms with Gasteiger partial charge in [-0.1, -0.05) is 11.8 Å². The largest absolute Gasteiger partial charge is 0.497 e. The molecule has 0 aliphatic carbocycles. The van der Waals surface area contributed by atoms with Crippen molar-refractivity contribution in [3.05, 3.63) is 18.2 Å². The number of hydrogen-bond acceptors (Lipinski definition) is 6. The summed E-state index contributed by atoms with van der Waals surface area (Å²) in [6.45, 7) is 4.21. The molecule has 1 aliphatic rings. The third kappa shape index (κ3) is 3.98. The number of carbonyl (C=O) groups excluding carboxylic acids is 1. The van der Waals surface area contributed by atoms with Crippen molar-refractivity contribution in [2.45, 2.75) is 36.7 Å². The van der Waals surface area contributed by atoms with Crippen LogP contribution in [-0.4, -0.2) is 65.6 Å². The summed E-state index contributed by atoms with van der Waals surface area (Å²) in [7, 11) is -1.42. The first kappa shape index (κ1) is 19.0. The minimum absolute atomic E-state index is 0.0577. The predicted octanol–water partition coefficient (Wildman–Crippen LogP) is 2.09. The molecule has 1 aromatic heterocycles. The lowest BCUT2D eigenvalue weighted by Crippen LogP contribution is -2.44. The van der Waals surface area contributed by atoms with Crippen molar-refractivity contribution in [3.8, 4) is 5.75 Å². The van der Waals surface area contributed by atoms with Gasteiger partial charge in [0, 0.05) is 18.7 Å². The SMILES string of the molecule is CCN(C(=O)[C@H](C)Sc1nc2ccc(OC)cc2[nH]1)[C@@H]1CCS(=O)(=O)C1. The zero-order valence-corrected chi connectivity index (χ0v) is 16.7. The minimum Gasteiger partial charge on any atom is -0.497 e. The van der Waals surface area contributed by atoms with Crippen molar-refractivity contribution < 1.29 is 17.9 Å². The maximum absolute atomic E-state index is 12.8. The summed E-state index contributed by atoms with van der Waals surface area (Å²) in [5, 5.41) is 0.296. The van der Waals surface area contributed by atoms with Crippen LogP contribution in [0.15, 0.2) is 23.4 Å². The van der Waals surface area contributed by atoms with E-state index in [9.17, 15) is 13.2 Å². The maximum Gasteiger partial charge on any atom is 0.236 e. The van der Waals surface area contributed by atoms with Gasteiger partial charge in [-0.2, -0.15) is 0 Å². The molecule has 1 aromatic carbocycles. The topological polar surface area (TPSA) is 92.4 Å². The zero-order chi connectivity index (χ0) is 18.9. The van der Waals surface area contributed by atoms with Crippen molar-refractivity contribution >= 4 is 38.5 Å². The number of aromatic nitrogens is 2. The number of nitrogens with one attached hydrogen (secondary N) is 1. The number of H-pyrrole nitrogens is 1. The second-order valence-corrected chi connectivity index (χ2v) is 9.92. The van der Waals surface area contributed by atoms with Crippen LogP contribution in [0, 0.1) is 0 Å². The van der Waals surface area contributed by atoms with E-state index in [0.717, 1.165) is 16.8 Å². The van der Waals surface area contributed by atoms with Crippen molar-refractivity contribution in [3.63, 3.8) is 0 Å². The summed E-state index contributed by atoms with van der Waals surface area (Å²) in [6, 6.07) is 5.34. The van der Waals surface area contributed by atoms with Crippen LogP contribution in [0.2, 0.25) is 0 Å². The first-order valence-corrected chi connectivity index (χ1v) is 11.2. The van der Waals surface area contributed by atoms with Gasteiger partial charge < -0.3 is 14.6 Å². The molecule has 0 bridgehead atoms. The van der Waals surface area contributed by atoms with Crippen LogP contribution in [0.4, 0.5) is 0 Å². The number of sulfone groups is 1. The number of thioether (sulfide) groups is 1. The molecule has 1 aliphatic heterocycles. The van der Waals surface area contributed by atoms with Crippen LogP contribution in [-0.2, 0) is 14.6 Å². The van der Waals surface area contributed by atoms with Gasteiger partial charge in [-0.3, -0.25) is 4.79 Å². The van der Waals surface area contributed by atoms with Gasteiger partial charge in [0.25, 0.3) is 0 Å². The predicted molar refractivity (Wildman–Crippen MR) is 102 cm³/mol. The smallest absolute Gasteiger partial charge is 0.236 e. The van der Waals surface area contributed by atoms with E-state index in [-0.39, 0.29) is 28.7 Å². The molecule has 1 amide bonds. The number of amides is 1. The summed E-state index contributed by atoms with van der Waals surface area (Å²) in [5.74, 6) is 0.905. The fourth-order valence-electron chi connectivity index (χ4n) is 3.21. The number of aromatic amines is 1. The van der Waals surface area contributed by atoms with Gasteiger partial charge >= 0.3 is 0 Å². The summed E-state index contributed by atoms with van der Waals surface area (Å²) in [6.07, 6.45) is 0.518. The van der Waals surface area contributed by atoms with E-state index in [1.807, 2.05) is 32.0 Å². The van der Waals surface area contributed by atoms with Crippen molar-refractivity contribution in [2.24, 2.45) is 0 Å². The van der Waals surface area contributed by atoms with Gasteiger partial charge in [-0.15, -0.1) is 0 Å². The Morgan fingerprint density at radius 3 is 2.88 bits per heavy atom. The third-order valence-corrected chi connectivity index (χ3v) is 7.30. The van der Waals surface area contributed by atoms with E-state index in [2.05, 4.69) is 9.97 Å². The number of rotatable bonds is 6. The summed E-state index contributed by atoms with van der Waals surface area (Å²) in [5.41, 5.74) is 1.66. The highest BCUT2D eigenvalue weighted by atomic mass is 32.2. The highest BCUT2D eigenvalue weighted by molar-refractivity contribution is 8.00. The molecule has 2 atom stereocenters. The Morgan fingerprint density at radius 1 is 1.50 bits per heavy atom. The lowest BCUT2D eigenvalue weighted by Gasteiger charge is -2.29. The maximum atomic E-state index is 12.8. The average molecular weight is 398 g/mol. The van der Waals surface area contributed by atoms with E-state index in [1.165, 1.54) is 11.8 Å². The Labute approximate surface area is 157 Å². The summed E-state index contributed by atoms with van der Waals surface area (Å²) in [4.78, 5) is 22.2. The summed E-state index contributed by atoms with van der Waals surface area (Å²) < 4.78 is 28.7. The first-order chi connectivity index (χ1) is 12.3. The Balaban J connectivity index is 1.72. The Morgan fingerprint density at radius 2 is 2.27 bits per heavy atom. The highest BCUT2D eigenvalue weighted by Crippen LogP contribution is 2.28. The van der Waals surface area contributed by atoms with Gasteiger partial charge in [-0.05, 0) is 32.4 Å². The van der Waals surface area contributed by atoms with Crippen LogP contribution >= 0.6 is 11.8 Å². The molecule has 2 aromatic rings. The van der Waals surface area contributed by atoms with Crippen LogP contribution in [0.25, 0.3) is 11.0 Å². The van der Waals surface area contributed by atoms with Crippen molar-refractivity contribution in [2.75, 3.05) is 25.2 Å². The number of carbonyl (C=O) groups is 1. The van der Waals surface area contributed by atoms with Crippen LogP contribution < -0.4 is 4.74 Å². The molecule has 2 heterocycles. The minimum atomic E-state index is -3.02. The van der Waals surface area contributed by atoms with Gasteiger partial charge in [0.15, 0.2) is 15.0 Å². The summed E-state index contributed by atoms with van der Waals surface area (Å²) >= 11 is 1.35. The lowest BCUT2D eigenvalue weighted by molar-refractivity contribution is -0.131. The quantitative estimate of drug-likeness (QED) is 0.751. The van der Waals surface area contributed by atoms with E-state index in [0.29, 0.717) is 18.1 Å². The van der Waals surface area contributed by atoms with Gasteiger partial charge in [-0.25, -0.2) is 13.4 Å². The molecule has 7 nitrogen and oxygen atoms in total. The molecule has 0 saturated carbocycles. The highest BCUT2D eigenvalue weighted by Gasteiger charge is 2.35.